The van der Waals surface area contributed by atoms with Crippen LogP contribution in [0.1, 0.15) is 18.1 Å². The van der Waals surface area contributed by atoms with Crippen molar-refractivity contribution in [3.8, 4) is 0 Å². The van der Waals surface area contributed by atoms with Gasteiger partial charge in [0.25, 0.3) is 0 Å². The first-order valence-corrected chi connectivity index (χ1v) is 8.13. The quantitative estimate of drug-likeness (QED) is 0.359. The van der Waals surface area contributed by atoms with Crippen molar-refractivity contribution < 1.29 is 19.1 Å². The van der Waals surface area contributed by atoms with Gasteiger partial charge in [-0.3, -0.25) is 0 Å². The van der Waals surface area contributed by atoms with E-state index < -0.39 is 11.9 Å². The van der Waals surface area contributed by atoms with Crippen molar-refractivity contribution in [3.05, 3.63) is 96.7 Å². The van der Waals surface area contributed by atoms with Gasteiger partial charge in [0.15, 0.2) is 0 Å². The maximum atomic E-state index is 11.1. The number of ether oxygens (including phenoxy) is 2. The molecule has 0 unspecified atom stereocenters. The summed E-state index contributed by atoms with van der Waals surface area (Å²) in [5.41, 5.74) is 3.97. The van der Waals surface area contributed by atoms with Gasteiger partial charge in [0, 0.05) is 12.2 Å². The number of carbonyl (C=O) groups excluding carboxylic acids is 2. The van der Waals surface area contributed by atoms with Gasteiger partial charge in [0.1, 0.15) is 13.2 Å². The zero-order chi connectivity index (χ0) is 19.4. The van der Waals surface area contributed by atoms with E-state index in [4.69, 9.17) is 9.47 Å². The van der Waals surface area contributed by atoms with Crippen LogP contribution in [0.3, 0.4) is 0 Å². The third kappa shape index (κ3) is 8.11. The molecule has 0 aliphatic heterocycles. The molecule has 0 saturated carbocycles. The van der Waals surface area contributed by atoms with Crippen molar-refractivity contribution in [1.82, 2.24) is 0 Å². The summed E-state index contributed by atoms with van der Waals surface area (Å²) in [7, 11) is 0. The summed E-state index contributed by atoms with van der Waals surface area (Å²) in [4.78, 5) is 22.1. The fourth-order valence-corrected chi connectivity index (χ4v) is 1.94. The molecule has 0 radical (unpaired) electrons. The van der Waals surface area contributed by atoms with E-state index in [-0.39, 0.29) is 13.2 Å². The molecule has 4 nitrogen and oxygen atoms in total. The van der Waals surface area contributed by atoms with E-state index in [0.717, 1.165) is 34.4 Å². The van der Waals surface area contributed by atoms with Crippen molar-refractivity contribution in [2.45, 2.75) is 20.0 Å². The third-order valence-corrected chi connectivity index (χ3v) is 3.43. The topological polar surface area (TPSA) is 52.6 Å². The fourth-order valence-electron chi connectivity index (χ4n) is 1.94. The second kappa shape index (κ2) is 11.4. The molecular weight excluding hydrogens is 328 g/mol. The van der Waals surface area contributed by atoms with Crippen LogP contribution in [0.5, 0.6) is 0 Å². The average molecular weight is 352 g/mol. The van der Waals surface area contributed by atoms with Crippen LogP contribution in [-0.4, -0.2) is 18.5 Å². The van der Waals surface area contributed by atoms with Crippen LogP contribution in [0, 0.1) is 0 Å². The molecule has 0 aromatic heterocycles. The average Bonchev–Trinajstić information content (AvgIpc) is 2.68. The predicted octanol–water partition coefficient (Wildman–Crippen LogP) is 4.25. The van der Waals surface area contributed by atoms with Gasteiger partial charge in [-0.05, 0) is 35.6 Å². The van der Waals surface area contributed by atoms with Gasteiger partial charge in [-0.25, -0.2) is 9.59 Å². The monoisotopic (exact) mass is 352 g/mol. The van der Waals surface area contributed by atoms with Crippen LogP contribution in [0.15, 0.2) is 85.5 Å². The Kier molecular flexibility index (Phi) is 9.18. The number of benzene rings is 1. The molecular formula is C22H24O4. The lowest BCUT2D eigenvalue weighted by Gasteiger charge is -2.06. The molecule has 0 saturated heterocycles. The molecule has 0 atom stereocenters. The molecule has 1 aromatic carbocycles. The van der Waals surface area contributed by atoms with E-state index >= 15 is 0 Å². The molecule has 0 heterocycles. The second-order valence-corrected chi connectivity index (χ2v) is 5.58. The Morgan fingerprint density at radius 2 is 1.46 bits per heavy atom. The van der Waals surface area contributed by atoms with E-state index in [2.05, 4.69) is 19.7 Å². The van der Waals surface area contributed by atoms with Gasteiger partial charge in [-0.2, -0.15) is 0 Å². The molecule has 1 aromatic rings. The van der Waals surface area contributed by atoms with E-state index in [1.54, 1.807) is 6.08 Å². The zero-order valence-corrected chi connectivity index (χ0v) is 15.1. The van der Waals surface area contributed by atoms with Crippen molar-refractivity contribution in [3.63, 3.8) is 0 Å². The van der Waals surface area contributed by atoms with Crippen molar-refractivity contribution >= 4 is 11.9 Å². The maximum absolute atomic E-state index is 11.1. The molecule has 0 bridgehead atoms. The molecule has 26 heavy (non-hydrogen) atoms. The Balaban J connectivity index is 2.64. The van der Waals surface area contributed by atoms with Gasteiger partial charge in [0.05, 0.1) is 0 Å². The first-order chi connectivity index (χ1) is 12.5. The number of esters is 2. The van der Waals surface area contributed by atoms with Crippen LogP contribution >= 0.6 is 0 Å². The highest BCUT2D eigenvalue weighted by atomic mass is 16.5. The van der Waals surface area contributed by atoms with Gasteiger partial charge in [0.2, 0.25) is 0 Å². The number of hydrogen-bond acceptors (Lipinski definition) is 4. The Hall–Kier alpha value is -3.14. The summed E-state index contributed by atoms with van der Waals surface area (Å²) < 4.78 is 9.97. The molecule has 0 fully saturated rings. The Labute approximate surface area is 154 Å². The molecule has 0 aliphatic carbocycles. The highest BCUT2D eigenvalue weighted by Gasteiger charge is 2.01. The van der Waals surface area contributed by atoms with Gasteiger partial charge < -0.3 is 9.47 Å². The van der Waals surface area contributed by atoms with Gasteiger partial charge in [-0.1, -0.05) is 62.2 Å². The molecule has 0 spiro atoms. The lowest BCUT2D eigenvalue weighted by molar-refractivity contribution is -0.139. The van der Waals surface area contributed by atoms with Crippen LogP contribution in [-0.2, 0) is 32.1 Å². The number of rotatable bonds is 10. The van der Waals surface area contributed by atoms with Crippen LogP contribution < -0.4 is 0 Å². The molecule has 0 amide bonds. The largest absolute Gasteiger partial charge is 0.458 e. The third-order valence-electron chi connectivity index (χ3n) is 3.43. The maximum Gasteiger partial charge on any atom is 0.330 e. The Morgan fingerprint density at radius 3 is 2.04 bits per heavy atom. The second-order valence-electron chi connectivity index (χ2n) is 5.58. The van der Waals surface area contributed by atoms with Crippen molar-refractivity contribution in [2.75, 3.05) is 6.61 Å². The number of hydrogen-bond donors (Lipinski definition) is 0. The number of allylic oxidation sites excluding steroid dienone is 4. The van der Waals surface area contributed by atoms with E-state index in [9.17, 15) is 9.59 Å². The lowest BCUT2D eigenvalue weighted by Crippen LogP contribution is -2.02. The molecule has 136 valence electrons. The van der Waals surface area contributed by atoms with E-state index in [1.807, 2.05) is 43.3 Å². The number of carbonyl (C=O) groups is 2. The van der Waals surface area contributed by atoms with Crippen molar-refractivity contribution in [1.29, 1.82) is 0 Å². The van der Waals surface area contributed by atoms with E-state index in [1.165, 1.54) is 0 Å². The SMILES string of the molecule is C=CC(=O)OC/C(C)=C/C=C(\C=C)Cc1ccc(COC(=O)C=C)cc1. The lowest BCUT2D eigenvalue weighted by atomic mass is 10.0. The zero-order valence-electron chi connectivity index (χ0n) is 15.1. The normalized spacial score (nSPS) is 11.4. The van der Waals surface area contributed by atoms with Crippen LogP contribution in [0.2, 0.25) is 0 Å². The minimum Gasteiger partial charge on any atom is -0.458 e. The molecule has 0 N–H and O–H groups in total. The summed E-state index contributed by atoms with van der Waals surface area (Å²) in [6.07, 6.45) is 8.63. The minimum absolute atomic E-state index is 0.223. The van der Waals surface area contributed by atoms with Crippen LogP contribution in [0.4, 0.5) is 0 Å². The Morgan fingerprint density at radius 1 is 0.885 bits per heavy atom. The first-order valence-electron chi connectivity index (χ1n) is 8.13. The predicted molar refractivity (Wildman–Crippen MR) is 103 cm³/mol. The van der Waals surface area contributed by atoms with Crippen molar-refractivity contribution in [2.24, 2.45) is 0 Å². The molecule has 1 rings (SSSR count). The fraction of sp³-hybridized carbons (Fsp3) is 0.182. The smallest absolute Gasteiger partial charge is 0.330 e. The summed E-state index contributed by atoms with van der Waals surface area (Å²) >= 11 is 0. The highest BCUT2D eigenvalue weighted by Crippen LogP contribution is 2.12. The summed E-state index contributed by atoms with van der Waals surface area (Å²) in [5, 5.41) is 0. The molecule has 0 aliphatic rings. The minimum atomic E-state index is -0.440. The van der Waals surface area contributed by atoms with E-state index in [0.29, 0.717) is 6.42 Å². The summed E-state index contributed by atoms with van der Waals surface area (Å²) in [6, 6.07) is 7.80. The van der Waals surface area contributed by atoms with Gasteiger partial charge in [-0.15, -0.1) is 0 Å². The van der Waals surface area contributed by atoms with Gasteiger partial charge >= 0.3 is 11.9 Å². The summed E-state index contributed by atoms with van der Waals surface area (Å²) in [6.45, 7) is 12.9. The van der Waals surface area contributed by atoms with Crippen LogP contribution in [0.25, 0.3) is 0 Å². The molecule has 4 heteroatoms. The first kappa shape index (κ1) is 20.9. The highest BCUT2D eigenvalue weighted by molar-refractivity contribution is 5.81. The standard InChI is InChI=1S/C22H24O4/c1-5-18(9-8-17(4)15-25-21(23)6-2)14-19-10-12-20(13-11-19)16-26-22(24)7-3/h5-13H,1-3,14-16H2,4H3/b17-8+,18-9+. The summed E-state index contributed by atoms with van der Waals surface area (Å²) in [5.74, 6) is -0.878. The Bertz CT molecular complexity index is 721.